The van der Waals surface area contributed by atoms with Gasteiger partial charge in [0.25, 0.3) is 5.91 Å². The third-order valence-corrected chi connectivity index (χ3v) is 5.52. The summed E-state index contributed by atoms with van der Waals surface area (Å²) in [6.07, 6.45) is 6.22. The van der Waals surface area contributed by atoms with E-state index in [4.69, 9.17) is 9.47 Å². The van der Waals surface area contributed by atoms with Crippen molar-refractivity contribution in [3.05, 3.63) is 83.1 Å². The van der Waals surface area contributed by atoms with Crippen LogP contribution in [0, 0.1) is 0 Å². The molecule has 1 heterocycles. The molecule has 0 aliphatic carbocycles. The first kappa shape index (κ1) is 24.3. The molecule has 0 aromatic heterocycles. The summed E-state index contributed by atoms with van der Waals surface area (Å²) in [7, 11) is 1.54. The van der Waals surface area contributed by atoms with Gasteiger partial charge in [0.05, 0.1) is 24.8 Å². The third-order valence-electron chi connectivity index (χ3n) is 5.52. The van der Waals surface area contributed by atoms with Gasteiger partial charge in [-0.25, -0.2) is 0 Å². The molecule has 0 saturated carbocycles. The number of hydrogen-bond acceptors (Lipinski definition) is 5. The summed E-state index contributed by atoms with van der Waals surface area (Å²) in [6, 6.07) is 16.0. The number of unbranched alkanes of at least 4 members (excludes halogenated alkanes) is 2. The van der Waals surface area contributed by atoms with E-state index in [9.17, 15) is 14.7 Å². The summed E-state index contributed by atoms with van der Waals surface area (Å²) in [4.78, 5) is 27.5. The maximum Gasteiger partial charge on any atom is 0.290 e. The zero-order valence-electron chi connectivity index (χ0n) is 19.2. The first-order valence-electron chi connectivity index (χ1n) is 11.3. The lowest BCUT2D eigenvalue weighted by Gasteiger charge is -2.26. The van der Waals surface area contributed by atoms with Gasteiger partial charge in [-0.15, -0.1) is 0 Å². The van der Waals surface area contributed by atoms with Crippen molar-refractivity contribution in [2.24, 2.45) is 0 Å². The molecule has 0 bridgehead atoms. The average molecular weight is 450 g/mol. The number of amides is 1. The van der Waals surface area contributed by atoms with Crippen molar-refractivity contribution >= 4 is 17.8 Å². The van der Waals surface area contributed by atoms with Gasteiger partial charge in [-0.1, -0.05) is 68.3 Å². The fourth-order valence-corrected chi connectivity index (χ4v) is 3.81. The number of aliphatic hydroxyl groups excluding tert-OH is 1. The van der Waals surface area contributed by atoms with E-state index in [1.54, 1.807) is 13.2 Å². The molecule has 0 fully saturated rings. The highest BCUT2D eigenvalue weighted by molar-refractivity contribution is 6.14. The maximum atomic E-state index is 13.2. The molecule has 3 rings (SSSR count). The largest absolute Gasteiger partial charge is 0.503 e. The molecule has 33 heavy (non-hydrogen) atoms. The zero-order chi connectivity index (χ0) is 23.6. The number of benzene rings is 2. The van der Waals surface area contributed by atoms with Crippen LogP contribution in [-0.2, 0) is 14.3 Å². The highest BCUT2D eigenvalue weighted by Crippen LogP contribution is 2.38. The number of carbonyl (C=O) groups is 2. The molecular formula is C27H31NO5. The van der Waals surface area contributed by atoms with Crippen molar-refractivity contribution in [2.45, 2.75) is 32.2 Å². The first-order valence-corrected chi connectivity index (χ1v) is 11.3. The van der Waals surface area contributed by atoms with E-state index in [0.29, 0.717) is 17.9 Å². The Balaban J connectivity index is 1.91. The second kappa shape index (κ2) is 12.0. The summed E-state index contributed by atoms with van der Waals surface area (Å²) >= 11 is 0. The Morgan fingerprint density at radius 2 is 1.88 bits per heavy atom. The quantitative estimate of drug-likeness (QED) is 0.369. The molecule has 1 aliphatic heterocycles. The van der Waals surface area contributed by atoms with Crippen LogP contribution in [0.3, 0.4) is 0 Å². The van der Waals surface area contributed by atoms with E-state index in [1.807, 2.05) is 54.6 Å². The van der Waals surface area contributed by atoms with Crippen molar-refractivity contribution < 1.29 is 24.2 Å². The minimum absolute atomic E-state index is 0.0615. The van der Waals surface area contributed by atoms with E-state index >= 15 is 0 Å². The van der Waals surface area contributed by atoms with Gasteiger partial charge in [-0.3, -0.25) is 9.59 Å². The lowest BCUT2D eigenvalue weighted by atomic mass is 9.95. The molecule has 0 radical (unpaired) electrons. The molecule has 174 valence electrons. The monoisotopic (exact) mass is 449 g/mol. The fourth-order valence-electron chi connectivity index (χ4n) is 3.81. The number of carbonyl (C=O) groups excluding carboxylic acids is 2. The Hall–Kier alpha value is -3.38. The van der Waals surface area contributed by atoms with Crippen LogP contribution in [0.2, 0.25) is 0 Å². The predicted molar refractivity (Wildman–Crippen MR) is 128 cm³/mol. The average Bonchev–Trinajstić information content (AvgIpc) is 3.09. The molecule has 2 aromatic rings. The summed E-state index contributed by atoms with van der Waals surface area (Å²) in [5, 5.41) is 10.7. The normalized spacial score (nSPS) is 16.1. The minimum Gasteiger partial charge on any atom is -0.503 e. The SMILES string of the molecule is CCCCCOc1cccc(C2C(C(=O)/C=C/c3ccccc3)=C(O)C(=O)N2CCOC)c1. The van der Waals surface area contributed by atoms with Gasteiger partial charge in [-0.2, -0.15) is 0 Å². The number of methoxy groups -OCH3 is 1. The molecule has 1 amide bonds. The summed E-state index contributed by atoms with van der Waals surface area (Å²) < 4.78 is 11.0. The van der Waals surface area contributed by atoms with Gasteiger partial charge in [0.15, 0.2) is 11.5 Å². The van der Waals surface area contributed by atoms with Crippen LogP contribution >= 0.6 is 0 Å². The number of rotatable bonds is 12. The molecule has 2 aromatic carbocycles. The zero-order valence-corrected chi connectivity index (χ0v) is 19.2. The van der Waals surface area contributed by atoms with Crippen molar-refractivity contribution in [1.29, 1.82) is 0 Å². The van der Waals surface area contributed by atoms with Crippen LogP contribution in [0.1, 0.15) is 43.4 Å². The van der Waals surface area contributed by atoms with E-state index in [2.05, 4.69) is 6.92 Å². The van der Waals surface area contributed by atoms with E-state index in [-0.39, 0.29) is 18.7 Å². The number of hydrogen-bond donors (Lipinski definition) is 1. The summed E-state index contributed by atoms with van der Waals surface area (Å²) in [5.74, 6) is -0.847. The van der Waals surface area contributed by atoms with Crippen LogP contribution < -0.4 is 4.74 Å². The van der Waals surface area contributed by atoms with Crippen LogP contribution in [0.15, 0.2) is 72.0 Å². The van der Waals surface area contributed by atoms with Gasteiger partial charge in [0.1, 0.15) is 5.75 Å². The van der Waals surface area contributed by atoms with Gasteiger partial charge in [-0.05, 0) is 35.8 Å². The number of ether oxygens (including phenoxy) is 2. The Morgan fingerprint density at radius 1 is 1.09 bits per heavy atom. The van der Waals surface area contributed by atoms with Gasteiger partial charge in [0, 0.05) is 13.7 Å². The molecule has 6 heteroatoms. The second-order valence-electron chi connectivity index (χ2n) is 7.89. The van der Waals surface area contributed by atoms with Crippen LogP contribution in [0.4, 0.5) is 0 Å². The van der Waals surface area contributed by atoms with Crippen LogP contribution in [-0.4, -0.2) is 48.6 Å². The van der Waals surface area contributed by atoms with E-state index < -0.39 is 23.5 Å². The first-order chi connectivity index (χ1) is 16.1. The Bertz CT molecular complexity index is 1010. The molecule has 1 N–H and O–H groups in total. The lowest BCUT2D eigenvalue weighted by Crippen LogP contribution is -2.33. The highest BCUT2D eigenvalue weighted by Gasteiger charge is 2.42. The van der Waals surface area contributed by atoms with E-state index in [1.165, 1.54) is 11.0 Å². The van der Waals surface area contributed by atoms with Crippen molar-refractivity contribution in [3.63, 3.8) is 0 Å². The standard InChI is InChI=1S/C27H31NO5/c1-3-4-8-17-33-22-13-9-12-21(19-22)25-24(26(30)27(31)28(25)16-18-32-2)23(29)15-14-20-10-6-5-7-11-20/h5-7,9-15,19,25,30H,3-4,8,16-18H2,1-2H3/b15-14+. The maximum absolute atomic E-state index is 13.2. The molecule has 1 atom stereocenters. The number of aliphatic hydroxyl groups is 1. The minimum atomic E-state index is -0.722. The fraction of sp³-hybridized carbons (Fsp3) is 0.333. The topological polar surface area (TPSA) is 76.1 Å². The molecule has 0 spiro atoms. The summed E-state index contributed by atoms with van der Waals surface area (Å²) in [6.45, 7) is 3.26. The molecule has 1 unspecified atom stereocenters. The third kappa shape index (κ3) is 6.11. The lowest BCUT2D eigenvalue weighted by molar-refractivity contribution is -0.130. The molecule has 0 saturated heterocycles. The Labute approximate surface area is 195 Å². The highest BCUT2D eigenvalue weighted by atomic mass is 16.5. The van der Waals surface area contributed by atoms with E-state index in [0.717, 1.165) is 24.8 Å². The van der Waals surface area contributed by atoms with Gasteiger partial charge in [0.2, 0.25) is 0 Å². The molecule has 6 nitrogen and oxygen atoms in total. The molecular weight excluding hydrogens is 418 g/mol. The van der Waals surface area contributed by atoms with Gasteiger partial charge < -0.3 is 19.5 Å². The van der Waals surface area contributed by atoms with Crippen molar-refractivity contribution in [1.82, 2.24) is 4.90 Å². The number of allylic oxidation sites excluding steroid dienone is 1. The van der Waals surface area contributed by atoms with Crippen LogP contribution in [0.5, 0.6) is 5.75 Å². The van der Waals surface area contributed by atoms with Crippen molar-refractivity contribution in [2.75, 3.05) is 26.9 Å². The van der Waals surface area contributed by atoms with Crippen LogP contribution in [0.25, 0.3) is 6.08 Å². The second-order valence-corrected chi connectivity index (χ2v) is 7.89. The van der Waals surface area contributed by atoms with Gasteiger partial charge >= 0.3 is 0 Å². The molecule has 1 aliphatic rings. The number of ketones is 1. The predicted octanol–water partition coefficient (Wildman–Crippen LogP) is 4.88. The smallest absolute Gasteiger partial charge is 0.290 e. The summed E-state index contributed by atoms with van der Waals surface area (Å²) in [5.41, 5.74) is 1.62. The number of nitrogens with zero attached hydrogens (tertiary/aromatic N) is 1. The van der Waals surface area contributed by atoms with Crippen molar-refractivity contribution in [3.8, 4) is 5.75 Å². The Kier molecular flexibility index (Phi) is 8.84. The Morgan fingerprint density at radius 3 is 2.61 bits per heavy atom.